The second-order valence-electron chi connectivity index (χ2n) is 10.6. The van der Waals surface area contributed by atoms with Crippen molar-refractivity contribution >= 4 is 28.6 Å². The third-order valence-electron chi connectivity index (χ3n) is 8.15. The van der Waals surface area contributed by atoms with Crippen molar-refractivity contribution in [1.82, 2.24) is 5.23 Å². The smallest absolute Gasteiger partial charge is 0.377 e. The highest BCUT2D eigenvalue weighted by Crippen LogP contribution is 2.40. The van der Waals surface area contributed by atoms with E-state index in [1.165, 1.54) is 64.8 Å². The van der Waals surface area contributed by atoms with Crippen LogP contribution in [-0.2, 0) is 17.5 Å². The fourth-order valence-corrected chi connectivity index (χ4v) is 6.65. The number of hydrogen-bond donors (Lipinski definition) is 1. The van der Waals surface area contributed by atoms with Crippen LogP contribution in [0.25, 0.3) is 21.5 Å². The summed E-state index contributed by atoms with van der Waals surface area (Å²) in [5, 5.41) is 9.14. The highest BCUT2D eigenvalue weighted by Gasteiger charge is 2.51. The number of fused-ring (bicyclic) bond motifs is 2. The molecule has 4 aromatic carbocycles. The lowest BCUT2D eigenvalue weighted by atomic mass is 9.72. The Hall–Kier alpha value is -2.62. The summed E-state index contributed by atoms with van der Waals surface area (Å²) >= 11 is 0. The highest BCUT2D eigenvalue weighted by molar-refractivity contribution is 6.48. The number of hydrogen-bond acceptors (Lipinski definition) is 2. The van der Waals surface area contributed by atoms with Crippen molar-refractivity contribution in [2.75, 3.05) is 0 Å². The molecule has 0 amide bonds. The van der Waals surface area contributed by atoms with E-state index in [2.05, 4.69) is 97.0 Å². The van der Waals surface area contributed by atoms with Crippen LogP contribution < -0.4 is 5.23 Å². The molecular weight excluding hydrogens is 413 g/mol. The van der Waals surface area contributed by atoms with Gasteiger partial charge in [-0.1, -0.05) is 104 Å². The molecular formula is C31H34BNO. The Bertz CT molecular complexity index is 1210. The zero-order chi connectivity index (χ0) is 23.0. The molecule has 2 nitrogen and oxygen atoms in total. The Balaban J connectivity index is 1.40. The molecule has 0 aromatic heterocycles. The molecule has 0 radical (unpaired) electrons. The molecule has 6 rings (SSSR count). The monoisotopic (exact) mass is 447 g/mol. The number of nitrogens with one attached hydrogen (secondary N) is 1. The van der Waals surface area contributed by atoms with Gasteiger partial charge in [-0.25, -0.2) is 0 Å². The fourth-order valence-electron chi connectivity index (χ4n) is 6.65. The van der Waals surface area contributed by atoms with Gasteiger partial charge in [-0.3, -0.25) is 0 Å². The lowest BCUT2D eigenvalue weighted by molar-refractivity contribution is 0.0411. The fraction of sp³-hybridized carbons (Fsp3) is 0.355. The van der Waals surface area contributed by atoms with E-state index in [0.29, 0.717) is 12.0 Å². The molecule has 2 aliphatic rings. The maximum atomic E-state index is 6.94. The molecule has 1 atom stereocenters. The van der Waals surface area contributed by atoms with E-state index in [4.69, 9.17) is 4.65 Å². The van der Waals surface area contributed by atoms with Crippen LogP contribution in [0.3, 0.4) is 0 Å². The van der Waals surface area contributed by atoms with Crippen LogP contribution in [0.1, 0.15) is 43.2 Å². The summed E-state index contributed by atoms with van der Waals surface area (Å²) in [5.74, 6) is 0.680. The first kappa shape index (κ1) is 21.9. The van der Waals surface area contributed by atoms with Crippen LogP contribution in [0.4, 0.5) is 0 Å². The van der Waals surface area contributed by atoms with Crippen LogP contribution in [-0.4, -0.2) is 18.7 Å². The highest BCUT2D eigenvalue weighted by atomic mass is 16.5. The SMILES string of the molecule is CB1N[C@H](C2CCCCC2)C(Cc2ccc3ccccc3c2)(Cc2ccc3ccccc3c2)O1. The van der Waals surface area contributed by atoms with Gasteiger partial charge in [0.05, 0.1) is 5.60 Å². The van der Waals surface area contributed by atoms with Crippen LogP contribution in [0.2, 0.25) is 6.82 Å². The van der Waals surface area contributed by atoms with Crippen LogP contribution in [0.5, 0.6) is 0 Å². The number of benzene rings is 4. The topological polar surface area (TPSA) is 21.3 Å². The van der Waals surface area contributed by atoms with Gasteiger partial charge in [-0.2, -0.15) is 0 Å². The van der Waals surface area contributed by atoms with E-state index in [1.54, 1.807) is 0 Å². The summed E-state index contributed by atoms with van der Waals surface area (Å²) < 4.78 is 6.94. The average Bonchev–Trinajstić information content (AvgIpc) is 3.19. The first-order valence-corrected chi connectivity index (χ1v) is 13.1. The molecule has 1 aliphatic heterocycles. The standard InChI is InChI=1S/C31H34BNO/c1-32-33-30(27-11-3-2-4-12-27)31(34-32,21-23-15-17-25-9-5-7-13-28(25)19-23)22-24-16-18-26-10-6-8-14-29(26)20-24/h5-10,13-20,27,30,33H,2-4,11-12,21-22H2,1H3/t30-/m1/s1. The molecule has 1 heterocycles. The van der Waals surface area contributed by atoms with E-state index in [9.17, 15) is 0 Å². The third-order valence-corrected chi connectivity index (χ3v) is 8.15. The second kappa shape index (κ2) is 9.21. The Labute approximate surface area is 203 Å². The van der Waals surface area contributed by atoms with Crippen molar-refractivity contribution in [3.05, 3.63) is 96.1 Å². The Kier molecular flexibility index (Phi) is 5.93. The Morgan fingerprint density at radius 1 is 0.735 bits per heavy atom. The van der Waals surface area contributed by atoms with Crippen LogP contribution in [0, 0.1) is 5.92 Å². The van der Waals surface area contributed by atoms with E-state index >= 15 is 0 Å². The molecule has 0 unspecified atom stereocenters. The van der Waals surface area contributed by atoms with Gasteiger partial charge in [0.15, 0.2) is 0 Å². The van der Waals surface area contributed by atoms with Crippen molar-refractivity contribution in [1.29, 1.82) is 0 Å². The minimum Gasteiger partial charge on any atom is -0.414 e. The largest absolute Gasteiger partial charge is 0.414 e. The second-order valence-corrected chi connectivity index (χ2v) is 10.6. The minimum absolute atomic E-state index is 0.0767. The Morgan fingerprint density at radius 2 is 1.26 bits per heavy atom. The van der Waals surface area contributed by atoms with E-state index in [-0.39, 0.29) is 12.7 Å². The maximum Gasteiger partial charge on any atom is 0.377 e. The van der Waals surface area contributed by atoms with Gasteiger partial charge in [0.25, 0.3) is 0 Å². The van der Waals surface area contributed by atoms with E-state index in [1.807, 2.05) is 0 Å². The van der Waals surface area contributed by atoms with Crippen LogP contribution >= 0.6 is 0 Å². The summed E-state index contributed by atoms with van der Waals surface area (Å²) in [6.07, 6.45) is 8.56. The predicted octanol–water partition coefficient (Wildman–Crippen LogP) is 7.20. The molecule has 2 fully saturated rings. The summed E-state index contributed by atoms with van der Waals surface area (Å²) in [4.78, 5) is 0. The zero-order valence-electron chi connectivity index (χ0n) is 20.2. The predicted molar refractivity (Wildman–Crippen MR) is 144 cm³/mol. The van der Waals surface area contributed by atoms with Crippen molar-refractivity contribution < 1.29 is 4.65 Å². The summed E-state index contributed by atoms with van der Waals surface area (Å²) in [5.41, 5.74) is 2.50. The van der Waals surface area contributed by atoms with Gasteiger partial charge in [-0.15, -0.1) is 0 Å². The van der Waals surface area contributed by atoms with Crippen molar-refractivity contribution in [2.24, 2.45) is 5.92 Å². The molecule has 1 saturated carbocycles. The molecule has 1 N–H and O–H groups in total. The maximum absolute atomic E-state index is 6.94. The van der Waals surface area contributed by atoms with Gasteiger partial charge in [-0.05, 0) is 58.3 Å². The summed E-state index contributed by atoms with van der Waals surface area (Å²) in [6, 6.07) is 31.7. The molecule has 1 saturated heterocycles. The van der Waals surface area contributed by atoms with Gasteiger partial charge >= 0.3 is 7.05 Å². The van der Waals surface area contributed by atoms with E-state index < -0.39 is 0 Å². The van der Waals surface area contributed by atoms with E-state index in [0.717, 1.165) is 12.8 Å². The quantitative estimate of drug-likeness (QED) is 0.327. The van der Waals surface area contributed by atoms with Crippen molar-refractivity contribution in [3.8, 4) is 0 Å². The molecule has 0 bridgehead atoms. The van der Waals surface area contributed by atoms with Gasteiger partial charge in [0, 0.05) is 18.9 Å². The first-order chi connectivity index (χ1) is 16.7. The first-order valence-electron chi connectivity index (χ1n) is 13.1. The van der Waals surface area contributed by atoms with Gasteiger partial charge in [0.2, 0.25) is 0 Å². The molecule has 4 aromatic rings. The van der Waals surface area contributed by atoms with Crippen molar-refractivity contribution in [2.45, 2.75) is 63.4 Å². The van der Waals surface area contributed by atoms with Gasteiger partial charge < -0.3 is 9.88 Å². The molecule has 1 aliphatic carbocycles. The lowest BCUT2D eigenvalue weighted by Crippen LogP contribution is -2.52. The average molecular weight is 447 g/mol. The Morgan fingerprint density at radius 3 is 1.82 bits per heavy atom. The van der Waals surface area contributed by atoms with Gasteiger partial charge in [0.1, 0.15) is 0 Å². The minimum atomic E-state index is -0.244. The summed E-state index contributed by atoms with van der Waals surface area (Å²) in [7, 11) is 0.0767. The van der Waals surface area contributed by atoms with Crippen molar-refractivity contribution in [3.63, 3.8) is 0 Å². The third kappa shape index (κ3) is 4.28. The molecule has 3 heteroatoms. The normalized spacial score (nSPS) is 20.9. The molecule has 0 spiro atoms. The molecule has 34 heavy (non-hydrogen) atoms. The lowest BCUT2D eigenvalue weighted by Gasteiger charge is -2.41. The van der Waals surface area contributed by atoms with Crippen LogP contribution in [0.15, 0.2) is 84.9 Å². The zero-order valence-corrected chi connectivity index (χ0v) is 20.2. The summed E-state index contributed by atoms with van der Waals surface area (Å²) in [6.45, 7) is 2.19. The number of rotatable bonds is 5. The molecule has 172 valence electrons.